The van der Waals surface area contributed by atoms with E-state index in [0.717, 1.165) is 6.07 Å². The average molecular weight is 300 g/mol. The van der Waals surface area contributed by atoms with E-state index in [-0.39, 0.29) is 18.2 Å². The van der Waals surface area contributed by atoms with Gasteiger partial charge in [0.25, 0.3) is 0 Å². The van der Waals surface area contributed by atoms with Gasteiger partial charge in [-0.05, 0) is 27.7 Å². The third-order valence-corrected chi connectivity index (χ3v) is 2.50. The van der Waals surface area contributed by atoms with Crippen LogP contribution in [0.4, 0.5) is 9.18 Å². The van der Waals surface area contributed by atoms with Gasteiger partial charge in [-0.25, -0.2) is 9.59 Å². The monoisotopic (exact) mass is 300 g/mol. The van der Waals surface area contributed by atoms with E-state index in [1.165, 1.54) is 17.9 Å². The van der Waals surface area contributed by atoms with Gasteiger partial charge in [0.15, 0.2) is 5.95 Å². The van der Waals surface area contributed by atoms with Crippen molar-refractivity contribution in [3.63, 3.8) is 0 Å². The van der Waals surface area contributed by atoms with Crippen LogP contribution < -0.4 is 5.32 Å². The summed E-state index contributed by atoms with van der Waals surface area (Å²) in [5.41, 5.74) is -0.472. The van der Waals surface area contributed by atoms with E-state index in [1.54, 1.807) is 27.7 Å². The summed E-state index contributed by atoms with van der Waals surface area (Å²) >= 11 is 0. The first kappa shape index (κ1) is 17.0. The zero-order valence-electron chi connectivity index (χ0n) is 12.9. The smallest absolute Gasteiger partial charge is 0.407 e. The van der Waals surface area contributed by atoms with Crippen molar-refractivity contribution in [3.8, 4) is 0 Å². The number of methoxy groups -OCH3 is 1. The molecule has 7 heteroatoms. The van der Waals surface area contributed by atoms with Crippen molar-refractivity contribution in [3.05, 3.63) is 23.8 Å². The number of hydrogen-bond acceptors (Lipinski definition) is 4. The summed E-state index contributed by atoms with van der Waals surface area (Å²) in [6.45, 7) is 7.14. The average Bonchev–Trinajstić information content (AvgIpc) is 2.67. The number of nitrogens with zero attached hydrogens (tertiary/aromatic N) is 1. The predicted octanol–water partition coefficient (Wildman–Crippen LogP) is 2.33. The lowest BCUT2D eigenvalue weighted by Crippen LogP contribution is -2.39. The zero-order chi connectivity index (χ0) is 16.2. The van der Waals surface area contributed by atoms with E-state index in [9.17, 15) is 14.0 Å². The van der Waals surface area contributed by atoms with Crippen LogP contribution in [0, 0.1) is 5.95 Å². The summed E-state index contributed by atoms with van der Waals surface area (Å²) in [4.78, 5) is 22.9. The third kappa shape index (κ3) is 5.45. The Hall–Kier alpha value is -2.05. The van der Waals surface area contributed by atoms with Crippen molar-refractivity contribution >= 4 is 12.1 Å². The maximum absolute atomic E-state index is 13.7. The highest BCUT2D eigenvalue weighted by Gasteiger charge is 2.19. The Morgan fingerprint density at radius 1 is 1.43 bits per heavy atom. The Morgan fingerprint density at radius 2 is 2.05 bits per heavy atom. The number of ether oxygens (including phenoxy) is 2. The van der Waals surface area contributed by atoms with Gasteiger partial charge in [-0.2, -0.15) is 4.39 Å². The molecular weight excluding hydrogens is 279 g/mol. The third-order valence-electron chi connectivity index (χ3n) is 2.50. The van der Waals surface area contributed by atoms with Crippen molar-refractivity contribution in [2.24, 2.45) is 0 Å². The second-order valence-corrected chi connectivity index (χ2v) is 5.74. The largest absolute Gasteiger partial charge is 0.465 e. The van der Waals surface area contributed by atoms with Crippen LogP contribution in [0.2, 0.25) is 0 Å². The second-order valence-electron chi connectivity index (χ2n) is 5.74. The Labute approximate surface area is 123 Å². The van der Waals surface area contributed by atoms with Crippen LogP contribution in [-0.4, -0.2) is 35.4 Å². The number of carbonyl (C=O) groups excluding carboxylic acids is 2. The number of aromatic nitrogens is 1. The molecule has 0 saturated carbocycles. The van der Waals surface area contributed by atoms with Crippen molar-refractivity contribution in [2.45, 2.75) is 45.9 Å². The molecule has 0 fully saturated rings. The molecular formula is C14H21FN2O4. The van der Waals surface area contributed by atoms with Gasteiger partial charge in [0.05, 0.1) is 12.7 Å². The summed E-state index contributed by atoms with van der Waals surface area (Å²) < 4.78 is 24.5. The lowest BCUT2D eigenvalue weighted by molar-refractivity contribution is 0.0502. The molecule has 118 valence electrons. The van der Waals surface area contributed by atoms with Crippen LogP contribution in [0.1, 0.15) is 38.1 Å². The molecule has 1 aromatic heterocycles. The topological polar surface area (TPSA) is 69.6 Å². The van der Waals surface area contributed by atoms with Gasteiger partial charge < -0.3 is 19.4 Å². The highest BCUT2D eigenvalue weighted by Crippen LogP contribution is 2.10. The van der Waals surface area contributed by atoms with Crippen molar-refractivity contribution in [1.82, 2.24) is 9.88 Å². The molecule has 0 aliphatic carbocycles. The molecule has 0 aliphatic heterocycles. The van der Waals surface area contributed by atoms with E-state index in [1.807, 2.05) is 0 Å². The maximum Gasteiger partial charge on any atom is 0.407 e. The standard InChI is InChI=1S/C14H21FN2O4/c1-9(16-13(19)21-14(2,3)4)7-17-8-10(6-11(17)15)12(18)20-5/h6,8-9H,7H2,1-5H3,(H,16,19). The first-order valence-corrected chi connectivity index (χ1v) is 6.56. The van der Waals surface area contributed by atoms with Gasteiger partial charge in [0.2, 0.25) is 0 Å². The fourth-order valence-electron chi connectivity index (χ4n) is 1.70. The quantitative estimate of drug-likeness (QED) is 0.866. The fourth-order valence-corrected chi connectivity index (χ4v) is 1.70. The van der Waals surface area contributed by atoms with Gasteiger partial charge in [-0.15, -0.1) is 0 Å². The lowest BCUT2D eigenvalue weighted by Gasteiger charge is -2.22. The number of carbonyl (C=O) groups is 2. The number of rotatable bonds is 4. The summed E-state index contributed by atoms with van der Waals surface area (Å²) in [6, 6.07) is 0.721. The number of alkyl carbamates (subject to hydrolysis) is 1. The molecule has 0 spiro atoms. The number of esters is 1. The SMILES string of the molecule is COC(=O)c1cc(F)n(CC(C)NC(=O)OC(C)(C)C)c1. The summed E-state index contributed by atoms with van der Waals surface area (Å²) in [6.07, 6.45) is 0.768. The number of amides is 1. The molecule has 0 aliphatic rings. The fraction of sp³-hybridized carbons (Fsp3) is 0.571. The number of nitrogens with one attached hydrogen (secondary N) is 1. The zero-order valence-corrected chi connectivity index (χ0v) is 12.9. The molecule has 1 rings (SSSR count). The Kier molecular flexibility index (Phi) is 5.34. The molecule has 1 atom stereocenters. The van der Waals surface area contributed by atoms with Gasteiger partial charge >= 0.3 is 12.1 Å². The second kappa shape index (κ2) is 6.60. The molecule has 1 amide bonds. The lowest BCUT2D eigenvalue weighted by atomic mass is 10.2. The minimum absolute atomic E-state index is 0.125. The Morgan fingerprint density at radius 3 is 2.57 bits per heavy atom. The molecule has 1 unspecified atom stereocenters. The van der Waals surface area contributed by atoms with E-state index in [2.05, 4.69) is 10.1 Å². The molecule has 21 heavy (non-hydrogen) atoms. The van der Waals surface area contributed by atoms with Crippen LogP contribution in [0.5, 0.6) is 0 Å². The Bertz CT molecular complexity index is 520. The highest BCUT2D eigenvalue weighted by molar-refractivity contribution is 5.89. The van der Waals surface area contributed by atoms with Crippen LogP contribution in [-0.2, 0) is 16.0 Å². The van der Waals surface area contributed by atoms with Crippen LogP contribution in [0.3, 0.4) is 0 Å². The molecule has 0 aromatic carbocycles. The molecule has 0 saturated heterocycles. The molecule has 1 N–H and O–H groups in total. The van der Waals surface area contributed by atoms with Gasteiger partial charge in [0, 0.05) is 24.8 Å². The molecule has 0 radical (unpaired) electrons. The van der Waals surface area contributed by atoms with E-state index in [4.69, 9.17) is 4.74 Å². The Balaban J connectivity index is 2.63. The summed E-state index contributed by atoms with van der Waals surface area (Å²) in [5.74, 6) is -1.19. The van der Waals surface area contributed by atoms with Crippen molar-refractivity contribution < 1.29 is 23.5 Å². The van der Waals surface area contributed by atoms with Gasteiger partial charge in [-0.3, -0.25) is 0 Å². The minimum atomic E-state index is -0.611. The molecule has 1 heterocycles. The summed E-state index contributed by atoms with van der Waals surface area (Å²) in [5, 5.41) is 2.60. The summed E-state index contributed by atoms with van der Waals surface area (Å²) in [7, 11) is 1.23. The highest BCUT2D eigenvalue weighted by atomic mass is 19.1. The minimum Gasteiger partial charge on any atom is -0.465 e. The van der Waals surface area contributed by atoms with E-state index in [0.29, 0.717) is 0 Å². The van der Waals surface area contributed by atoms with Crippen LogP contribution >= 0.6 is 0 Å². The normalized spacial score (nSPS) is 12.7. The van der Waals surface area contributed by atoms with Gasteiger partial charge in [0.1, 0.15) is 5.60 Å². The van der Waals surface area contributed by atoms with E-state index >= 15 is 0 Å². The maximum atomic E-state index is 13.7. The predicted molar refractivity (Wildman–Crippen MR) is 74.6 cm³/mol. The van der Waals surface area contributed by atoms with Crippen molar-refractivity contribution in [1.29, 1.82) is 0 Å². The number of halogens is 1. The van der Waals surface area contributed by atoms with E-state index < -0.39 is 23.6 Å². The molecule has 1 aromatic rings. The molecule has 0 bridgehead atoms. The first-order chi connectivity index (χ1) is 9.62. The van der Waals surface area contributed by atoms with Gasteiger partial charge in [-0.1, -0.05) is 0 Å². The van der Waals surface area contributed by atoms with Crippen LogP contribution in [0.25, 0.3) is 0 Å². The van der Waals surface area contributed by atoms with Crippen LogP contribution in [0.15, 0.2) is 12.3 Å². The van der Waals surface area contributed by atoms with Crippen molar-refractivity contribution in [2.75, 3.05) is 7.11 Å². The molecule has 6 nitrogen and oxygen atoms in total. The first-order valence-electron chi connectivity index (χ1n) is 6.56. The number of hydrogen-bond donors (Lipinski definition) is 1.